The minimum absolute atomic E-state index is 0.203. The Labute approximate surface area is 157 Å². The van der Waals surface area contributed by atoms with Crippen molar-refractivity contribution in [3.63, 3.8) is 0 Å². The Balaban J connectivity index is 2.05. The second-order valence-corrected chi connectivity index (χ2v) is 6.21. The maximum atomic E-state index is 12.9. The molecule has 6 nitrogen and oxygen atoms in total. The first-order chi connectivity index (χ1) is 12.4. The van der Waals surface area contributed by atoms with Crippen molar-refractivity contribution < 1.29 is 19.2 Å². The fourth-order valence-electron chi connectivity index (χ4n) is 3.21. The van der Waals surface area contributed by atoms with E-state index in [9.17, 15) is 19.2 Å². The predicted molar refractivity (Wildman–Crippen MR) is 96.0 cm³/mol. The van der Waals surface area contributed by atoms with Gasteiger partial charge in [-0.05, 0) is 47.5 Å². The Hall–Kier alpha value is -2.96. The van der Waals surface area contributed by atoms with Gasteiger partial charge >= 0.3 is 10.7 Å². The molecule has 0 unspecified atom stereocenters. The number of hydrogen-bond donors (Lipinski definition) is 0. The van der Waals surface area contributed by atoms with E-state index in [-0.39, 0.29) is 33.9 Å². The number of anilines is 2. The molecule has 0 N–H and O–H groups in total. The van der Waals surface area contributed by atoms with Gasteiger partial charge in [0, 0.05) is 11.1 Å². The number of Topliss-reactive ketones (excluding diaryl/α,β-unsaturated/α-hetero) is 2. The number of amides is 2. The van der Waals surface area contributed by atoms with Crippen LogP contribution in [0.3, 0.4) is 0 Å². The zero-order chi connectivity index (χ0) is 18.6. The standard InChI is InChI=1S/C18H8Cl2N2O4/c19-17(25)21-11-7-3-1-5-9(11)15(23)13(21)14-16(24)10-6-2-4-8-12(10)22(14)18(20)26/h1-8H/b14-13+. The van der Waals surface area contributed by atoms with Gasteiger partial charge in [0.15, 0.2) is 0 Å². The van der Waals surface area contributed by atoms with Crippen LogP contribution in [0.5, 0.6) is 0 Å². The second-order valence-electron chi connectivity index (χ2n) is 5.57. The highest BCUT2D eigenvalue weighted by atomic mass is 35.5. The van der Waals surface area contributed by atoms with Gasteiger partial charge in [0.1, 0.15) is 11.4 Å². The second kappa shape index (κ2) is 5.79. The molecule has 0 fully saturated rings. The van der Waals surface area contributed by atoms with E-state index in [1.54, 1.807) is 24.3 Å². The Morgan fingerprint density at radius 1 is 0.654 bits per heavy atom. The van der Waals surface area contributed by atoms with Gasteiger partial charge in [-0.2, -0.15) is 0 Å². The van der Waals surface area contributed by atoms with E-state index in [2.05, 4.69) is 0 Å². The molecular weight excluding hydrogens is 379 g/mol. The summed E-state index contributed by atoms with van der Waals surface area (Å²) in [6, 6.07) is 12.6. The van der Waals surface area contributed by atoms with Crippen molar-refractivity contribution in [1.29, 1.82) is 0 Å². The van der Waals surface area contributed by atoms with Crippen molar-refractivity contribution >= 4 is 56.9 Å². The number of allylic oxidation sites excluding steroid dienone is 2. The zero-order valence-electron chi connectivity index (χ0n) is 12.9. The number of carbonyl (C=O) groups excluding carboxylic acids is 4. The van der Waals surface area contributed by atoms with Gasteiger partial charge in [0.25, 0.3) is 0 Å². The fourth-order valence-corrected chi connectivity index (χ4v) is 3.56. The number of carbonyl (C=O) groups is 4. The highest BCUT2D eigenvalue weighted by Gasteiger charge is 2.46. The number of nitrogens with zero attached hydrogens (tertiary/aromatic N) is 2. The summed E-state index contributed by atoms with van der Waals surface area (Å²) in [6.45, 7) is 0. The number of para-hydroxylation sites is 2. The van der Waals surface area contributed by atoms with Crippen LogP contribution in [-0.4, -0.2) is 22.3 Å². The molecule has 0 saturated carbocycles. The van der Waals surface area contributed by atoms with E-state index >= 15 is 0 Å². The molecule has 2 amide bonds. The molecule has 0 radical (unpaired) electrons. The average Bonchev–Trinajstić information content (AvgIpc) is 3.07. The summed E-state index contributed by atoms with van der Waals surface area (Å²) < 4.78 is 0. The lowest BCUT2D eigenvalue weighted by Gasteiger charge is -2.20. The third kappa shape index (κ3) is 2.13. The van der Waals surface area contributed by atoms with Crippen molar-refractivity contribution in [2.75, 3.05) is 9.80 Å². The summed E-state index contributed by atoms with van der Waals surface area (Å²) in [4.78, 5) is 51.8. The lowest BCUT2D eigenvalue weighted by atomic mass is 10.1. The summed E-state index contributed by atoms with van der Waals surface area (Å²) >= 11 is 11.4. The number of benzene rings is 2. The largest absolute Gasteiger partial charge is 0.325 e. The van der Waals surface area contributed by atoms with E-state index in [0.717, 1.165) is 9.80 Å². The summed E-state index contributed by atoms with van der Waals surface area (Å²) in [5.74, 6) is -1.18. The molecule has 2 aliphatic heterocycles. The zero-order valence-corrected chi connectivity index (χ0v) is 14.4. The topological polar surface area (TPSA) is 74.8 Å². The highest BCUT2D eigenvalue weighted by molar-refractivity contribution is 6.69. The van der Waals surface area contributed by atoms with Crippen LogP contribution in [0.4, 0.5) is 21.0 Å². The number of fused-ring (bicyclic) bond motifs is 2. The van der Waals surface area contributed by atoms with Crippen LogP contribution in [0.15, 0.2) is 59.9 Å². The predicted octanol–water partition coefficient (Wildman–Crippen LogP) is 4.32. The Kier molecular flexibility index (Phi) is 3.68. The molecule has 0 aromatic heterocycles. The molecule has 4 rings (SSSR count). The van der Waals surface area contributed by atoms with E-state index in [0.29, 0.717) is 0 Å². The van der Waals surface area contributed by atoms with Crippen LogP contribution in [-0.2, 0) is 0 Å². The molecule has 128 valence electrons. The maximum absolute atomic E-state index is 12.9. The van der Waals surface area contributed by atoms with Gasteiger partial charge in [-0.3, -0.25) is 29.0 Å². The van der Waals surface area contributed by atoms with Crippen LogP contribution in [0.1, 0.15) is 20.7 Å². The molecule has 0 spiro atoms. The third-order valence-corrected chi connectivity index (χ3v) is 4.57. The molecule has 2 heterocycles. The van der Waals surface area contributed by atoms with E-state index in [1.165, 1.54) is 24.3 Å². The highest BCUT2D eigenvalue weighted by Crippen LogP contribution is 2.43. The Morgan fingerprint density at radius 3 is 1.35 bits per heavy atom. The number of halogens is 2. The van der Waals surface area contributed by atoms with Gasteiger partial charge < -0.3 is 0 Å². The summed E-state index contributed by atoms with van der Waals surface area (Å²) in [7, 11) is 0. The molecule has 2 aliphatic rings. The van der Waals surface area contributed by atoms with Crippen LogP contribution < -0.4 is 9.80 Å². The Bertz CT molecular complexity index is 977. The molecule has 2 aromatic carbocycles. The molecular formula is C18H8Cl2N2O4. The number of rotatable bonds is 0. The third-order valence-electron chi connectivity index (χ3n) is 4.23. The van der Waals surface area contributed by atoms with Crippen LogP contribution in [0.2, 0.25) is 0 Å². The maximum Gasteiger partial charge on any atom is 0.325 e. The van der Waals surface area contributed by atoms with Crippen LogP contribution in [0.25, 0.3) is 0 Å². The lowest BCUT2D eigenvalue weighted by Crippen LogP contribution is -2.32. The normalized spacial score (nSPS) is 18.2. The molecule has 0 atom stereocenters. The first-order valence-electron chi connectivity index (χ1n) is 7.44. The minimum Gasteiger partial charge on any atom is -0.287 e. The summed E-state index contributed by atoms with van der Waals surface area (Å²) in [6.07, 6.45) is 0. The van der Waals surface area contributed by atoms with Gasteiger partial charge in [0.2, 0.25) is 11.6 Å². The van der Waals surface area contributed by atoms with Crippen molar-refractivity contribution in [1.82, 2.24) is 0 Å². The van der Waals surface area contributed by atoms with Crippen molar-refractivity contribution in [2.24, 2.45) is 0 Å². The lowest BCUT2D eigenvalue weighted by molar-refractivity contribution is 0.100. The Morgan fingerprint density at radius 2 is 1.00 bits per heavy atom. The summed E-state index contributed by atoms with van der Waals surface area (Å²) in [5, 5.41) is -1.95. The van der Waals surface area contributed by atoms with Crippen LogP contribution in [0, 0.1) is 0 Å². The van der Waals surface area contributed by atoms with E-state index in [1.807, 2.05) is 0 Å². The average molecular weight is 387 g/mol. The number of ketones is 2. The molecule has 0 bridgehead atoms. The SMILES string of the molecule is O=C1/C(=C2/C(=O)c3ccccc3N2C(=O)Cl)N(C(=O)Cl)c2ccccc21. The molecule has 2 aromatic rings. The summed E-state index contributed by atoms with van der Waals surface area (Å²) in [5.41, 5.74) is 0.309. The van der Waals surface area contributed by atoms with Crippen LogP contribution >= 0.6 is 23.2 Å². The molecule has 8 heteroatoms. The molecule has 0 saturated heterocycles. The van der Waals surface area contributed by atoms with Gasteiger partial charge in [-0.1, -0.05) is 24.3 Å². The smallest absolute Gasteiger partial charge is 0.287 e. The minimum atomic E-state index is -0.975. The van der Waals surface area contributed by atoms with Crippen molar-refractivity contribution in [3.05, 3.63) is 71.1 Å². The quantitative estimate of drug-likeness (QED) is 0.383. The van der Waals surface area contributed by atoms with Crippen molar-refractivity contribution in [2.45, 2.75) is 0 Å². The fraction of sp³-hybridized carbons (Fsp3) is 0. The van der Waals surface area contributed by atoms with E-state index < -0.39 is 22.3 Å². The van der Waals surface area contributed by atoms with Gasteiger partial charge in [-0.15, -0.1) is 0 Å². The number of hydrogen-bond acceptors (Lipinski definition) is 4. The monoisotopic (exact) mass is 386 g/mol. The van der Waals surface area contributed by atoms with E-state index in [4.69, 9.17) is 23.2 Å². The van der Waals surface area contributed by atoms with Crippen molar-refractivity contribution in [3.8, 4) is 0 Å². The first-order valence-corrected chi connectivity index (χ1v) is 8.20. The van der Waals surface area contributed by atoms with Gasteiger partial charge in [0.05, 0.1) is 11.4 Å². The molecule has 0 aliphatic carbocycles. The first kappa shape index (κ1) is 16.5. The van der Waals surface area contributed by atoms with Gasteiger partial charge in [-0.25, -0.2) is 0 Å². The molecule has 26 heavy (non-hydrogen) atoms.